The molecule has 1 saturated heterocycles. The van der Waals surface area contributed by atoms with Gasteiger partial charge in [0.05, 0.1) is 0 Å². The number of rotatable bonds is 2. The molecule has 1 fully saturated rings. The molecule has 0 aliphatic carbocycles. The summed E-state index contributed by atoms with van der Waals surface area (Å²) in [6.07, 6.45) is 1.47. The van der Waals surface area contributed by atoms with Gasteiger partial charge in [0.25, 0.3) is 5.91 Å². The highest BCUT2D eigenvalue weighted by molar-refractivity contribution is 5.82. The zero-order valence-corrected chi connectivity index (χ0v) is 11.7. The number of hydrogen-bond acceptors (Lipinski definition) is 4. The van der Waals surface area contributed by atoms with E-state index in [-0.39, 0.29) is 5.91 Å². The molecular formula is C15H20N2O3. The summed E-state index contributed by atoms with van der Waals surface area (Å²) in [5.41, 5.74) is 0. The van der Waals surface area contributed by atoms with E-state index < -0.39 is 6.10 Å². The van der Waals surface area contributed by atoms with Crippen molar-refractivity contribution < 1.29 is 14.3 Å². The minimum atomic E-state index is -0.518. The molecule has 3 rings (SSSR count). The monoisotopic (exact) mass is 276 g/mol. The van der Waals surface area contributed by atoms with Gasteiger partial charge in [-0.1, -0.05) is 12.1 Å². The van der Waals surface area contributed by atoms with Gasteiger partial charge in [0.1, 0.15) is 6.61 Å². The first-order valence-corrected chi connectivity index (χ1v) is 7.12. The number of piperidine rings is 1. The first kappa shape index (κ1) is 13.2. The van der Waals surface area contributed by atoms with Crippen LogP contribution in [0.1, 0.15) is 12.8 Å². The number of nitrogens with zero attached hydrogens (tertiary/aromatic N) is 1. The van der Waals surface area contributed by atoms with Gasteiger partial charge in [-0.05, 0) is 32.0 Å². The Kier molecular flexibility index (Phi) is 3.78. The Morgan fingerprint density at radius 2 is 1.95 bits per heavy atom. The lowest BCUT2D eigenvalue weighted by Gasteiger charge is -2.35. The maximum atomic E-state index is 12.5. The Hall–Kier alpha value is -1.75. The lowest BCUT2D eigenvalue weighted by Crippen LogP contribution is -2.51. The minimum Gasteiger partial charge on any atom is -0.485 e. The van der Waals surface area contributed by atoms with E-state index in [9.17, 15) is 4.79 Å². The van der Waals surface area contributed by atoms with Gasteiger partial charge in [-0.15, -0.1) is 0 Å². The third-order valence-corrected chi connectivity index (χ3v) is 4.00. The molecule has 1 aromatic carbocycles. The number of nitrogens with one attached hydrogen (secondary N) is 1. The molecule has 1 amide bonds. The van der Waals surface area contributed by atoms with E-state index in [1.807, 2.05) is 36.2 Å². The Labute approximate surface area is 118 Å². The average molecular weight is 276 g/mol. The van der Waals surface area contributed by atoms with Crippen molar-refractivity contribution in [2.45, 2.75) is 25.0 Å². The molecule has 0 saturated carbocycles. The van der Waals surface area contributed by atoms with Gasteiger partial charge in [0, 0.05) is 19.1 Å². The average Bonchev–Trinajstić information content (AvgIpc) is 2.54. The molecule has 1 N–H and O–H groups in total. The van der Waals surface area contributed by atoms with Crippen molar-refractivity contribution in [1.82, 2.24) is 10.2 Å². The van der Waals surface area contributed by atoms with Crippen molar-refractivity contribution in [3.05, 3.63) is 24.3 Å². The zero-order valence-electron chi connectivity index (χ0n) is 11.7. The summed E-state index contributed by atoms with van der Waals surface area (Å²) >= 11 is 0. The Morgan fingerprint density at radius 1 is 1.25 bits per heavy atom. The molecule has 5 nitrogen and oxygen atoms in total. The predicted octanol–water partition coefficient (Wildman–Crippen LogP) is 1.04. The summed E-state index contributed by atoms with van der Waals surface area (Å²) in [4.78, 5) is 14.3. The molecule has 0 bridgehead atoms. The number of hydrogen-bond donors (Lipinski definition) is 1. The fourth-order valence-electron chi connectivity index (χ4n) is 2.73. The molecule has 5 heteroatoms. The van der Waals surface area contributed by atoms with Crippen molar-refractivity contribution in [3.8, 4) is 11.5 Å². The van der Waals surface area contributed by atoms with Crippen LogP contribution in [0.5, 0.6) is 11.5 Å². The van der Waals surface area contributed by atoms with E-state index in [0.29, 0.717) is 24.1 Å². The number of amides is 1. The van der Waals surface area contributed by atoms with Crippen LogP contribution in [0.4, 0.5) is 0 Å². The Balaban J connectivity index is 1.62. The quantitative estimate of drug-likeness (QED) is 0.877. The Bertz CT molecular complexity index is 484. The van der Waals surface area contributed by atoms with Crippen molar-refractivity contribution in [2.24, 2.45) is 0 Å². The van der Waals surface area contributed by atoms with Gasteiger partial charge in [0.15, 0.2) is 11.5 Å². The smallest absolute Gasteiger partial charge is 0.267 e. The van der Waals surface area contributed by atoms with Gasteiger partial charge < -0.3 is 19.7 Å². The second kappa shape index (κ2) is 5.71. The lowest BCUT2D eigenvalue weighted by molar-refractivity contribution is -0.142. The van der Waals surface area contributed by atoms with E-state index in [0.717, 1.165) is 25.9 Å². The van der Waals surface area contributed by atoms with E-state index in [4.69, 9.17) is 9.47 Å². The molecule has 0 unspecified atom stereocenters. The van der Waals surface area contributed by atoms with Gasteiger partial charge in [-0.2, -0.15) is 0 Å². The second-order valence-corrected chi connectivity index (χ2v) is 5.25. The molecule has 20 heavy (non-hydrogen) atoms. The van der Waals surface area contributed by atoms with Gasteiger partial charge in [0.2, 0.25) is 6.10 Å². The third kappa shape index (κ3) is 2.58. The second-order valence-electron chi connectivity index (χ2n) is 5.25. The molecule has 0 aromatic heterocycles. The molecule has 1 atom stereocenters. The van der Waals surface area contributed by atoms with Crippen molar-refractivity contribution in [2.75, 3.05) is 26.7 Å². The molecule has 2 heterocycles. The van der Waals surface area contributed by atoms with Crippen molar-refractivity contribution in [1.29, 1.82) is 0 Å². The number of carbonyl (C=O) groups excluding carboxylic acids is 1. The maximum absolute atomic E-state index is 12.5. The largest absolute Gasteiger partial charge is 0.485 e. The summed E-state index contributed by atoms with van der Waals surface area (Å²) in [5.74, 6) is 1.40. The lowest BCUT2D eigenvalue weighted by atomic mass is 10.0. The minimum absolute atomic E-state index is 0.0362. The van der Waals surface area contributed by atoms with Crippen LogP contribution in [0.25, 0.3) is 0 Å². The van der Waals surface area contributed by atoms with Crippen LogP contribution >= 0.6 is 0 Å². The first-order chi connectivity index (χ1) is 9.78. The van der Waals surface area contributed by atoms with Crippen LogP contribution in [-0.4, -0.2) is 49.7 Å². The summed E-state index contributed by atoms with van der Waals surface area (Å²) < 4.78 is 11.4. The highest BCUT2D eigenvalue weighted by Crippen LogP contribution is 2.31. The molecule has 2 aliphatic heterocycles. The van der Waals surface area contributed by atoms with Crippen molar-refractivity contribution in [3.63, 3.8) is 0 Å². The van der Waals surface area contributed by atoms with Crippen LogP contribution < -0.4 is 14.8 Å². The number of ether oxygens (including phenoxy) is 2. The van der Waals surface area contributed by atoms with Crippen LogP contribution in [-0.2, 0) is 4.79 Å². The number of benzene rings is 1. The number of carbonyl (C=O) groups is 1. The highest BCUT2D eigenvalue weighted by Gasteiger charge is 2.32. The van der Waals surface area contributed by atoms with Crippen LogP contribution in [0.2, 0.25) is 0 Å². The number of para-hydroxylation sites is 2. The summed E-state index contributed by atoms with van der Waals surface area (Å²) in [5, 5.41) is 3.26. The number of likely N-dealkylation sites (tertiary alicyclic amines) is 1. The Morgan fingerprint density at radius 3 is 2.65 bits per heavy atom. The summed E-state index contributed by atoms with van der Waals surface area (Å²) in [6, 6.07) is 7.99. The SMILES string of the molecule is CNC1CCN(C(=O)[C@H]2COc3ccccc3O2)CC1. The van der Waals surface area contributed by atoms with Crippen LogP contribution in [0, 0.1) is 0 Å². The molecular weight excluding hydrogens is 256 g/mol. The fraction of sp³-hybridized carbons (Fsp3) is 0.533. The van der Waals surface area contributed by atoms with Crippen LogP contribution in [0.15, 0.2) is 24.3 Å². The van der Waals surface area contributed by atoms with Crippen molar-refractivity contribution >= 4 is 5.91 Å². The first-order valence-electron chi connectivity index (χ1n) is 7.12. The maximum Gasteiger partial charge on any atom is 0.267 e. The predicted molar refractivity (Wildman–Crippen MR) is 75.0 cm³/mol. The standard InChI is InChI=1S/C15H20N2O3/c1-16-11-6-8-17(9-7-11)15(18)14-10-19-12-4-2-3-5-13(12)20-14/h2-5,11,14,16H,6-10H2,1H3/t14-/m1/s1. The summed E-state index contributed by atoms with van der Waals surface area (Å²) in [6.45, 7) is 1.86. The topological polar surface area (TPSA) is 50.8 Å². The molecule has 1 aromatic rings. The van der Waals surface area contributed by atoms with Gasteiger partial charge in [-0.25, -0.2) is 0 Å². The third-order valence-electron chi connectivity index (χ3n) is 4.00. The van der Waals surface area contributed by atoms with E-state index in [2.05, 4.69) is 5.32 Å². The van der Waals surface area contributed by atoms with E-state index >= 15 is 0 Å². The molecule has 0 radical (unpaired) electrons. The highest BCUT2D eigenvalue weighted by atomic mass is 16.6. The van der Waals surface area contributed by atoms with E-state index in [1.54, 1.807) is 0 Å². The van der Waals surface area contributed by atoms with Gasteiger partial charge in [-0.3, -0.25) is 4.79 Å². The van der Waals surface area contributed by atoms with Gasteiger partial charge >= 0.3 is 0 Å². The fourth-order valence-corrected chi connectivity index (χ4v) is 2.73. The molecule has 108 valence electrons. The van der Waals surface area contributed by atoms with Crippen LogP contribution in [0.3, 0.4) is 0 Å². The van der Waals surface area contributed by atoms with E-state index in [1.165, 1.54) is 0 Å². The normalized spacial score (nSPS) is 22.6. The number of fused-ring (bicyclic) bond motifs is 1. The molecule has 0 spiro atoms. The summed E-state index contributed by atoms with van der Waals surface area (Å²) in [7, 11) is 1.97. The zero-order chi connectivity index (χ0) is 13.9. The molecule has 2 aliphatic rings.